The number of para-hydroxylation sites is 1. The number of methoxy groups -OCH3 is 2. The van der Waals surface area contributed by atoms with E-state index >= 15 is 0 Å². The van der Waals surface area contributed by atoms with E-state index in [1.807, 2.05) is 12.1 Å². The smallest absolute Gasteiger partial charge is 0.165 e. The second-order valence-electron chi connectivity index (χ2n) is 5.74. The molecule has 1 aliphatic carbocycles. The van der Waals surface area contributed by atoms with Gasteiger partial charge in [0.15, 0.2) is 11.5 Å². The van der Waals surface area contributed by atoms with Crippen LogP contribution >= 0.6 is 0 Å². The van der Waals surface area contributed by atoms with E-state index in [0.717, 1.165) is 36.4 Å². The average molecular weight is 297 g/mol. The Bertz CT molecular complexity index is 639. The Labute approximate surface area is 132 Å². The summed E-state index contributed by atoms with van der Waals surface area (Å²) < 4.78 is 10.9. The zero-order valence-electron chi connectivity index (χ0n) is 13.3. The molecule has 0 radical (unpaired) electrons. The second kappa shape index (κ2) is 6.84. The van der Waals surface area contributed by atoms with Crippen LogP contribution < -0.4 is 14.8 Å². The minimum atomic E-state index is 0.519. The lowest BCUT2D eigenvalue weighted by molar-refractivity contribution is 0.349. The monoisotopic (exact) mass is 297 g/mol. The Morgan fingerprint density at radius 3 is 2.59 bits per heavy atom. The highest BCUT2D eigenvalue weighted by Crippen LogP contribution is 2.31. The molecule has 0 spiro atoms. The summed E-state index contributed by atoms with van der Waals surface area (Å²) in [6.45, 7) is 0.799. The first kappa shape index (κ1) is 14.9. The van der Waals surface area contributed by atoms with E-state index in [1.54, 1.807) is 14.2 Å². The zero-order chi connectivity index (χ0) is 15.4. The van der Waals surface area contributed by atoms with Gasteiger partial charge in [0.1, 0.15) is 0 Å². The summed E-state index contributed by atoms with van der Waals surface area (Å²) in [5.41, 5.74) is 4.11. The topological polar surface area (TPSA) is 30.5 Å². The van der Waals surface area contributed by atoms with Gasteiger partial charge in [-0.05, 0) is 36.5 Å². The van der Waals surface area contributed by atoms with Crippen molar-refractivity contribution in [1.82, 2.24) is 5.32 Å². The molecule has 3 rings (SSSR count). The third-order valence-corrected chi connectivity index (χ3v) is 4.41. The molecule has 0 aromatic heterocycles. The maximum Gasteiger partial charge on any atom is 0.165 e. The Balaban J connectivity index is 1.67. The van der Waals surface area contributed by atoms with Crippen molar-refractivity contribution in [1.29, 1.82) is 0 Å². The van der Waals surface area contributed by atoms with Gasteiger partial charge in [-0.2, -0.15) is 0 Å². The maximum absolute atomic E-state index is 5.50. The highest BCUT2D eigenvalue weighted by atomic mass is 16.5. The third-order valence-electron chi connectivity index (χ3n) is 4.41. The molecule has 0 saturated carbocycles. The molecule has 0 heterocycles. The van der Waals surface area contributed by atoms with Gasteiger partial charge in [0.05, 0.1) is 14.2 Å². The number of hydrogen-bond acceptors (Lipinski definition) is 3. The molecule has 0 fully saturated rings. The highest BCUT2D eigenvalue weighted by molar-refractivity contribution is 5.46. The van der Waals surface area contributed by atoms with Crippen LogP contribution in [0.4, 0.5) is 0 Å². The second-order valence-corrected chi connectivity index (χ2v) is 5.74. The van der Waals surface area contributed by atoms with Gasteiger partial charge in [-0.1, -0.05) is 36.4 Å². The molecule has 0 saturated heterocycles. The molecule has 1 N–H and O–H groups in total. The number of hydrogen-bond donors (Lipinski definition) is 1. The largest absolute Gasteiger partial charge is 0.493 e. The minimum absolute atomic E-state index is 0.519. The van der Waals surface area contributed by atoms with E-state index < -0.39 is 0 Å². The summed E-state index contributed by atoms with van der Waals surface area (Å²) in [7, 11) is 3.37. The molecule has 1 aliphatic rings. The van der Waals surface area contributed by atoms with E-state index in [2.05, 4.69) is 35.6 Å². The van der Waals surface area contributed by atoms with Crippen LogP contribution in [0.25, 0.3) is 0 Å². The van der Waals surface area contributed by atoms with Gasteiger partial charge >= 0.3 is 0 Å². The lowest BCUT2D eigenvalue weighted by atomic mass is 9.88. The summed E-state index contributed by atoms with van der Waals surface area (Å²) in [6, 6.07) is 15.3. The van der Waals surface area contributed by atoms with Gasteiger partial charge in [-0.15, -0.1) is 0 Å². The zero-order valence-corrected chi connectivity index (χ0v) is 13.3. The summed E-state index contributed by atoms with van der Waals surface area (Å²) >= 11 is 0. The number of benzene rings is 2. The Morgan fingerprint density at radius 2 is 1.82 bits per heavy atom. The molecule has 116 valence electrons. The molecule has 0 bridgehead atoms. The quantitative estimate of drug-likeness (QED) is 0.918. The van der Waals surface area contributed by atoms with Crippen LogP contribution in [0.3, 0.4) is 0 Å². The Kier molecular flexibility index (Phi) is 4.64. The molecule has 2 aromatic rings. The van der Waals surface area contributed by atoms with Crippen LogP contribution in [0.15, 0.2) is 42.5 Å². The van der Waals surface area contributed by atoms with Crippen LogP contribution in [0.2, 0.25) is 0 Å². The standard InChI is InChI=1S/C19H23NO2/c1-21-18-9-5-8-16(19(18)22-2)13-20-17-11-10-14-6-3-4-7-15(14)12-17/h3-9,17,20H,10-13H2,1-2H3/t17-/m0/s1. The average Bonchev–Trinajstić information content (AvgIpc) is 2.59. The lowest BCUT2D eigenvalue weighted by Crippen LogP contribution is -2.34. The van der Waals surface area contributed by atoms with Crippen molar-refractivity contribution < 1.29 is 9.47 Å². The fraction of sp³-hybridized carbons (Fsp3) is 0.368. The number of ether oxygens (including phenoxy) is 2. The van der Waals surface area contributed by atoms with Gasteiger partial charge in [0.25, 0.3) is 0 Å². The third kappa shape index (κ3) is 3.09. The van der Waals surface area contributed by atoms with Crippen molar-refractivity contribution in [2.45, 2.75) is 31.8 Å². The Hall–Kier alpha value is -2.00. The molecular weight excluding hydrogens is 274 g/mol. The van der Waals surface area contributed by atoms with Gasteiger partial charge < -0.3 is 14.8 Å². The van der Waals surface area contributed by atoms with Crippen molar-refractivity contribution in [3.05, 3.63) is 59.2 Å². The SMILES string of the molecule is COc1cccc(CN[C@H]2CCc3ccccc3C2)c1OC. The fourth-order valence-corrected chi connectivity index (χ4v) is 3.22. The van der Waals surface area contributed by atoms with E-state index in [-0.39, 0.29) is 0 Å². The van der Waals surface area contributed by atoms with Gasteiger partial charge in [0, 0.05) is 18.2 Å². The predicted molar refractivity (Wildman–Crippen MR) is 88.6 cm³/mol. The molecule has 22 heavy (non-hydrogen) atoms. The predicted octanol–water partition coefficient (Wildman–Crippen LogP) is 3.35. The van der Waals surface area contributed by atoms with Gasteiger partial charge in [-0.3, -0.25) is 0 Å². The van der Waals surface area contributed by atoms with Crippen LogP contribution in [0, 0.1) is 0 Å². The van der Waals surface area contributed by atoms with E-state index in [4.69, 9.17) is 9.47 Å². The van der Waals surface area contributed by atoms with E-state index in [0.29, 0.717) is 6.04 Å². The van der Waals surface area contributed by atoms with Crippen molar-refractivity contribution >= 4 is 0 Å². The molecule has 2 aromatic carbocycles. The van der Waals surface area contributed by atoms with Crippen molar-refractivity contribution in [3.8, 4) is 11.5 Å². The molecular formula is C19H23NO2. The fourth-order valence-electron chi connectivity index (χ4n) is 3.22. The first-order chi connectivity index (χ1) is 10.8. The molecule has 0 unspecified atom stereocenters. The molecule has 0 aliphatic heterocycles. The van der Waals surface area contributed by atoms with Crippen LogP contribution in [-0.2, 0) is 19.4 Å². The van der Waals surface area contributed by atoms with E-state index in [9.17, 15) is 0 Å². The lowest BCUT2D eigenvalue weighted by Gasteiger charge is -2.26. The minimum Gasteiger partial charge on any atom is -0.493 e. The van der Waals surface area contributed by atoms with Crippen molar-refractivity contribution in [3.63, 3.8) is 0 Å². The highest BCUT2D eigenvalue weighted by Gasteiger charge is 2.18. The van der Waals surface area contributed by atoms with Crippen molar-refractivity contribution in [2.75, 3.05) is 14.2 Å². The van der Waals surface area contributed by atoms with Gasteiger partial charge in [-0.25, -0.2) is 0 Å². The first-order valence-electron chi connectivity index (χ1n) is 7.82. The summed E-state index contributed by atoms with van der Waals surface area (Å²) in [4.78, 5) is 0. The Morgan fingerprint density at radius 1 is 1.00 bits per heavy atom. The summed E-state index contributed by atoms with van der Waals surface area (Å²) in [6.07, 6.45) is 3.44. The number of aryl methyl sites for hydroxylation is 1. The normalized spacial score (nSPS) is 16.9. The molecule has 0 amide bonds. The van der Waals surface area contributed by atoms with Crippen LogP contribution in [-0.4, -0.2) is 20.3 Å². The molecule has 1 atom stereocenters. The van der Waals surface area contributed by atoms with Crippen LogP contribution in [0.1, 0.15) is 23.1 Å². The number of fused-ring (bicyclic) bond motifs is 1. The first-order valence-corrected chi connectivity index (χ1v) is 7.82. The summed E-state index contributed by atoms with van der Waals surface area (Å²) in [5, 5.41) is 3.67. The molecule has 3 nitrogen and oxygen atoms in total. The van der Waals surface area contributed by atoms with Gasteiger partial charge in [0.2, 0.25) is 0 Å². The van der Waals surface area contributed by atoms with Crippen molar-refractivity contribution in [2.24, 2.45) is 0 Å². The molecule has 3 heteroatoms. The number of nitrogens with one attached hydrogen (secondary N) is 1. The summed E-state index contributed by atoms with van der Waals surface area (Å²) in [5.74, 6) is 1.62. The number of rotatable bonds is 5. The van der Waals surface area contributed by atoms with Crippen LogP contribution in [0.5, 0.6) is 11.5 Å². The maximum atomic E-state index is 5.50. The van der Waals surface area contributed by atoms with E-state index in [1.165, 1.54) is 17.5 Å².